The number of carbonyl (C=O) groups is 2. The molecule has 1 rings (SSSR count). The van der Waals surface area contributed by atoms with Crippen LogP contribution in [-0.4, -0.2) is 45.4 Å². The number of Topliss-reactive ketones (excluding diaryl/α,β-unsaturated/α-hetero) is 1. The Kier molecular flexibility index (Phi) is 4.21. The van der Waals surface area contributed by atoms with Gasteiger partial charge in [-0.05, 0) is 19.4 Å². The first kappa shape index (κ1) is 13.3. The van der Waals surface area contributed by atoms with Crippen LogP contribution in [0.2, 0.25) is 0 Å². The summed E-state index contributed by atoms with van der Waals surface area (Å²) in [4.78, 5) is 39.7. The van der Waals surface area contributed by atoms with Gasteiger partial charge in [0.25, 0.3) is 0 Å². The fraction of sp³-hybridized carbons (Fsp3) is 0.750. The summed E-state index contributed by atoms with van der Waals surface area (Å²) < 4.78 is 10.7. The Bertz CT molecular complexity index is 337. The molecule has 1 fully saturated rings. The second-order valence-electron chi connectivity index (χ2n) is 3.81. The van der Waals surface area contributed by atoms with Crippen LogP contribution in [-0.2, 0) is 14.2 Å². The molecule has 8 heteroatoms. The maximum Gasteiger partial charge on any atom is 0.332 e. The number of carbonyl (C=O) groups excluding carboxylic acids is 1. The number of hydrogen-bond acceptors (Lipinski definition) is 4. The summed E-state index contributed by atoms with van der Waals surface area (Å²) in [6, 6.07) is -1.03. The third kappa shape index (κ3) is 3.68. The van der Waals surface area contributed by atoms with E-state index < -0.39 is 37.5 Å². The van der Waals surface area contributed by atoms with Gasteiger partial charge < -0.3 is 20.2 Å². The van der Waals surface area contributed by atoms with Crippen LogP contribution < -0.4 is 5.32 Å². The highest BCUT2D eigenvalue weighted by Crippen LogP contribution is 2.36. The van der Waals surface area contributed by atoms with Crippen LogP contribution in [0.15, 0.2) is 0 Å². The lowest BCUT2D eigenvalue weighted by molar-refractivity contribution is -0.144. The van der Waals surface area contributed by atoms with Crippen LogP contribution in [0.5, 0.6) is 0 Å². The summed E-state index contributed by atoms with van der Waals surface area (Å²) in [5.41, 5.74) is 0. The number of aliphatic carboxylic acids is 1. The van der Waals surface area contributed by atoms with Crippen LogP contribution in [0.25, 0.3) is 0 Å². The molecule has 1 aliphatic heterocycles. The number of carboxylic acid groups (broad SMARTS) is 1. The van der Waals surface area contributed by atoms with Gasteiger partial charge >= 0.3 is 13.6 Å². The van der Waals surface area contributed by atoms with E-state index in [1.165, 1.54) is 0 Å². The Hall–Kier alpha value is -0.750. The molecule has 1 saturated heterocycles. The van der Waals surface area contributed by atoms with Crippen molar-refractivity contribution in [2.45, 2.75) is 18.9 Å². The van der Waals surface area contributed by atoms with Crippen molar-refractivity contribution in [2.75, 3.05) is 12.7 Å². The van der Waals surface area contributed by atoms with E-state index in [-0.39, 0.29) is 0 Å². The molecule has 0 aromatic heterocycles. The first-order valence-electron chi connectivity index (χ1n) is 4.85. The van der Waals surface area contributed by atoms with Gasteiger partial charge in [-0.25, -0.2) is 0 Å². The lowest BCUT2D eigenvalue weighted by Gasteiger charge is -2.28. The smallest absolute Gasteiger partial charge is 0.332 e. The average molecular weight is 251 g/mol. The van der Waals surface area contributed by atoms with Gasteiger partial charge in [0, 0.05) is 5.92 Å². The lowest BCUT2D eigenvalue weighted by Crippen LogP contribution is -2.50. The van der Waals surface area contributed by atoms with Gasteiger partial charge in [-0.1, -0.05) is 0 Å². The van der Waals surface area contributed by atoms with E-state index >= 15 is 0 Å². The van der Waals surface area contributed by atoms with Crippen molar-refractivity contribution >= 4 is 19.3 Å². The minimum absolute atomic E-state index is 0.350. The zero-order chi connectivity index (χ0) is 12.3. The number of carboxylic acids is 1. The molecule has 16 heavy (non-hydrogen) atoms. The minimum Gasteiger partial charge on any atom is -0.480 e. The quantitative estimate of drug-likeness (QED) is 0.481. The van der Waals surface area contributed by atoms with E-state index in [0.29, 0.717) is 19.4 Å². The minimum atomic E-state index is -4.42. The molecule has 2 atom stereocenters. The van der Waals surface area contributed by atoms with Crippen LogP contribution in [0.4, 0.5) is 0 Å². The molecule has 92 valence electrons. The summed E-state index contributed by atoms with van der Waals surface area (Å²) in [5.74, 6) is -2.70. The summed E-state index contributed by atoms with van der Waals surface area (Å²) in [6.07, 6.45) is 0.0905. The Balaban J connectivity index is 2.72. The highest BCUT2D eigenvalue weighted by Gasteiger charge is 2.37. The largest absolute Gasteiger partial charge is 0.480 e. The van der Waals surface area contributed by atoms with Crippen molar-refractivity contribution in [3.05, 3.63) is 0 Å². The van der Waals surface area contributed by atoms with Crippen molar-refractivity contribution in [2.24, 2.45) is 5.92 Å². The normalized spacial score (nSPS) is 26.4. The van der Waals surface area contributed by atoms with Gasteiger partial charge in [0.2, 0.25) is 0 Å². The maximum atomic E-state index is 11.5. The van der Waals surface area contributed by atoms with Gasteiger partial charge in [-0.3, -0.25) is 14.2 Å². The van der Waals surface area contributed by atoms with E-state index in [1.54, 1.807) is 0 Å². The molecule has 0 aromatic rings. The summed E-state index contributed by atoms with van der Waals surface area (Å²) in [6.45, 7) is 0.497. The SMILES string of the molecule is O=C(CP(=O)(O)O)[C@H]1CCCN[C@H]1C(=O)O. The molecule has 1 heterocycles. The second-order valence-corrected chi connectivity index (χ2v) is 5.45. The van der Waals surface area contributed by atoms with Gasteiger partial charge in [0.15, 0.2) is 0 Å². The zero-order valence-electron chi connectivity index (χ0n) is 8.50. The van der Waals surface area contributed by atoms with Gasteiger partial charge in [0.1, 0.15) is 18.0 Å². The molecule has 7 nitrogen and oxygen atoms in total. The predicted molar refractivity (Wildman–Crippen MR) is 54.1 cm³/mol. The van der Waals surface area contributed by atoms with E-state index in [0.717, 1.165) is 0 Å². The van der Waals surface area contributed by atoms with Crippen molar-refractivity contribution in [1.29, 1.82) is 0 Å². The summed E-state index contributed by atoms with van der Waals surface area (Å²) >= 11 is 0. The molecule has 0 saturated carbocycles. The second kappa shape index (κ2) is 5.05. The molecular weight excluding hydrogens is 237 g/mol. The van der Waals surface area contributed by atoms with E-state index in [4.69, 9.17) is 14.9 Å². The topological polar surface area (TPSA) is 124 Å². The number of ketones is 1. The molecule has 0 aromatic carbocycles. The van der Waals surface area contributed by atoms with Crippen LogP contribution in [0.3, 0.4) is 0 Å². The first-order chi connectivity index (χ1) is 7.31. The Labute approximate surface area is 92.0 Å². The third-order valence-corrected chi connectivity index (χ3v) is 3.22. The molecule has 4 N–H and O–H groups in total. The first-order valence-corrected chi connectivity index (χ1v) is 6.64. The predicted octanol–water partition coefficient (Wildman–Crippen LogP) is -0.814. The van der Waals surface area contributed by atoms with E-state index in [9.17, 15) is 14.2 Å². The molecular formula is C8H14NO6P. The fourth-order valence-corrected chi connectivity index (χ4v) is 2.46. The molecule has 0 radical (unpaired) electrons. The number of piperidine rings is 1. The fourth-order valence-electron chi connectivity index (χ4n) is 1.82. The number of hydrogen-bond donors (Lipinski definition) is 4. The molecule has 1 aliphatic rings. The van der Waals surface area contributed by atoms with Gasteiger partial charge in [0.05, 0.1) is 0 Å². The summed E-state index contributed by atoms with van der Waals surface area (Å²) in [7, 11) is -4.42. The van der Waals surface area contributed by atoms with Crippen LogP contribution in [0.1, 0.15) is 12.8 Å². The molecule has 0 unspecified atom stereocenters. The Morgan fingerprint density at radius 2 is 2.00 bits per heavy atom. The maximum absolute atomic E-state index is 11.5. The third-order valence-electron chi connectivity index (χ3n) is 2.50. The number of rotatable bonds is 4. The Morgan fingerprint density at radius 1 is 1.38 bits per heavy atom. The van der Waals surface area contributed by atoms with E-state index in [1.807, 2.05) is 0 Å². The van der Waals surface area contributed by atoms with Crippen molar-refractivity contribution in [3.8, 4) is 0 Å². The van der Waals surface area contributed by atoms with Crippen molar-refractivity contribution < 1.29 is 29.0 Å². The van der Waals surface area contributed by atoms with Crippen LogP contribution >= 0.6 is 7.60 Å². The average Bonchev–Trinajstić information content (AvgIpc) is 2.15. The van der Waals surface area contributed by atoms with E-state index in [2.05, 4.69) is 5.32 Å². The standard InChI is InChI=1S/C8H14NO6P/c10-6(4-16(13,14)15)5-2-1-3-9-7(5)8(11)12/h5,7,9H,1-4H2,(H,11,12)(H2,13,14,15)/t5-,7-/m1/s1. The number of nitrogens with one attached hydrogen (secondary N) is 1. The van der Waals surface area contributed by atoms with Gasteiger partial charge in [-0.15, -0.1) is 0 Å². The van der Waals surface area contributed by atoms with Crippen molar-refractivity contribution in [3.63, 3.8) is 0 Å². The monoisotopic (exact) mass is 251 g/mol. The molecule has 0 aliphatic carbocycles. The van der Waals surface area contributed by atoms with Crippen LogP contribution in [0, 0.1) is 5.92 Å². The highest BCUT2D eigenvalue weighted by atomic mass is 31.2. The molecule has 0 spiro atoms. The van der Waals surface area contributed by atoms with Crippen molar-refractivity contribution in [1.82, 2.24) is 5.32 Å². The zero-order valence-corrected chi connectivity index (χ0v) is 9.39. The molecule has 0 bridgehead atoms. The molecule has 0 amide bonds. The highest BCUT2D eigenvalue weighted by molar-refractivity contribution is 7.52. The lowest BCUT2D eigenvalue weighted by atomic mass is 9.88. The van der Waals surface area contributed by atoms with Gasteiger partial charge in [-0.2, -0.15) is 0 Å². The Morgan fingerprint density at radius 3 is 2.50 bits per heavy atom. The summed E-state index contributed by atoms with van der Waals surface area (Å²) in [5, 5.41) is 11.5.